The largest absolute Gasteiger partial charge is 0.497 e. The molecule has 0 saturated heterocycles. The molecular formula is C24H31BrO2. The molecule has 3 rings (SSSR count). The minimum absolute atomic E-state index is 0.0353. The molecule has 3 atom stereocenters. The van der Waals surface area contributed by atoms with Gasteiger partial charge in [-0.1, -0.05) is 60.8 Å². The lowest BCUT2D eigenvalue weighted by molar-refractivity contribution is -0.00159. The smallest absolute Gasteiger partial charge is 0.119 e. The molecule has 2 aromatic rings. The summed E-state index contributed by atoms with van der Waals surface area (Å²) in [6.07, 6.45) is 6.07. The lowest BCUT2D eigenvalue weighted by atomic mass is 9.67. The zero-order valence-corrected chi connectivity index (χ0v) is 18.3. The molecule has 0 bridgehead atoms. The van der Waals surface area contributed by atoms with E-state index in [0.29, 0.717) is 0 Å². The number of hydrogen-bond donors (Lipinski definition) is 1. The van der Waals surface area contributed by atoms with Gasteiger partial charge in [0.15, 0.2) is 0 Å². The number of aryl methyl sites for hydroxylation is 1. The van der Waals surface area contributed by atoms with Crippen molar-refractivity contribution < 1.29 is 9.84 Å². The first-order valence-electron chi connectivity index (χ1n) is 10.1. The van der Waals surface area contributed by atoms with Crippen LogP contribution in [0, 0.1) is 5.41 Å². The maximum atomic E-state index is 11.8. The number of aliphatic hydroxyl groups excluding tert-OH is 1. The first kappa shape index (κ1) is 20.4. The van der Waals surface area contributed by atoms with Crippen LogP contribution in [0.1, 0.15) is 68.6 Å². The number of rotatable bonds is 6. The van der Waals surface area contributed by atoms with E-state index in [1.165, 1.54) is 11.1 Å². The van der Waals surface area contributed by atoms with Gasteiger partial charge in [0.2, 0.25) is 0 Å². The van der Waals surface area contributed by atoms with Gasteiger partial charge >= 0.3 is 0 Å². The quantitative estimate of drug-likeness (QED) is 0.530. The van der Waals surface area contributed by atoms with Crippen LogP contribution in [0.5, 0.6) is 5.75 Å². The molecule has 3 heteroatoms. The Bertz CT molecular complexity index is 773. The molecule has 2 aromatic carbocycles. The van der Waals surface area contributed by atoms with Gasteiger partial charge in [0.25, 0.3) is 0 Å². The van der Waals surface area contributed by atoms with Gasteiger partial charge in [0, 0.05) is 10.4 Å². The molecular weight excluding hydrogens is 400 g/mol. The SMILES string of the molecule is CCCC[C@]1(CC)CCc2ccc(Br)cc2[C@@H](c2cccc(OC)c2)[C@H]1O. The number of methoxy groups -OCH3 is 1. The van der Waals surface area contributed by atoms with Crippen LogP contribution < -0.4 is 4.74 Å². The van der Waals surface area contributed by atoms with Crippen molar-refractivity contribution in [1.82, 2.24) is 0 Å². The molecule has 0 spiro atoms. The fourth-order valence-electron chi connectivity index (χ4n) is 4.70. The summed E-state index contributed by atoms with van der Waals surface area (Å²) in [7, 11) is 1.70. The van der Waals surface area contributed by atoms with Crippen molar-refractivity contribution >= 4 is 15.9 Å². The van der Waals surface area contributed by atoms with E-state index in [4.69, 9.17) is 4.74 Å². The van der Waals surface area contributed by atoms with E-state index in [1.807, 2.05) is 12.1 Å². The zero-order valence-electron chi connectivity index (χ0n) is 16.7. The van der Waals surface area contributed by atoms with Crippen LogP contribution in [-0.2, 0) is 6.42 Å². The normalized spacial score (nSPS) is 24.9. The van der Waals surface area contributed by atoms with E-state index in [2.05, 4.69) is 60.1 Å². The summed E-state index contributed by atoms with van der Waals surface area (Å²) < 4.78 is 6.54. The predicted octanol–water partition coefficient (Wildman–Crippen LogP) is 6.48. The Balaban J connectivity index is 2.15. The molecule has 0 saturated carbocycles. The van der Waals surface area contributed by atoms with E-state index in [1.54, 1.807) is 7.11 Å². The lowest BCUT2D eigenvalue weighted by Gasteiger charge is -2.40. The first-order valence-corrected chi connectivity index (χ1v) is 10.9. The lowest BCUT2D eigenvalue weighted by Crippen LogP contribution is -2.38. The van der Waals surface area contributed by atoms with Crippen molar-refractivity contribution in [1.29, 1.82) is 0 Å². The van der Waals surface area contributed by atoms with Crippen LogP contribution >= 0.6 is 15.9 Å². The van der Waals surface area contributed by atoms with Gasteiger partial charge in [-0.05, 0) is 72.1 Å². The van der Waals surface area contributed by atoms with Crippen molar-refractivity contribution in [3.8, 4) is 5.75 Å². The van der Waals surface area contributed by atoms with Crippen molar-refractivity contribution in [2.45, 2.75) is 64.4 Å². The Morgan fingerprint density at radius 1 is 1.19 bits per heavy atom. The number of ether oxygens (including phenoxy) is 1. The maximum Gasteiger partial charge on any atom is 0.119 e. The number of hydrogen-bond acceptors (Lipinski definition) is 2. The summed E-state index contributed by atoms with van der Waals surface area (Å²) in [5.41, 5.74) is 3.70. The van der Waals surface area contributed by atoms with Gasteiger partial charge in [-0.25, -0.2) is 0 Å². The summed E-state index contributed by atoms with van der Waals surface area (Å²) in [4.78, 5) is 0. The molecule has 0 unspecified atom stereocenters. The van der Waals surface area contributed by atoms with Crippen molar-refractivity contribution in [2.75, 3.05) is 7.11 Å². The Hall–Kier alpha value is -1.32. The maximum absolute atomic E-state index is 11.8. The second kappa shape index (κ2) is 8.79. The van der Waals surface area contributed by atoms with Crippen molar-refractivity contribution in [3.63, 3.8) is 0 Å². The third-order valence-corrected chi connectivity index (χ3v) is 6.96. The van der Waals surface area contributed by atoms with Crippen LogP contribution in [0.25, 0.3) is 0 Å². The highest BCUT2D eigenvalue weighted by Crippen LogP contribution is 2.49. The summed E-state index contributed by atoms with van der Waals surface area (Å²) in [5, 5.41) is 11.8. The molecule has 0 aromatic heterocycles. The van der Waals surface area contributed by atoms with Crippen molar-refractivity contribution in [3.05, 3.63) is 63.6 Å². The summed E-state index contributed by atoms with van der Waals surface area (Å²) in [6, 6.07) is 14.8. The Kier molecular flexibility index (Phi) is 6.65. The molecule has 0 radical (unpaired) electrons. The van der Waals surface area contributed by atoms with E-state index in [9.17, 15) is 5.11 Å². The molecule has 1 aliphatic carbocycles. The monoisotopic (exact) mass is 430 g/mol. The first-order chi connectivity index (χ1) is 13.0. The summed E-state index contributed by atoms with van der Waals surface area (Å²) in [6.45, 7) is 4.48. The Morgan fingerprint density at radius 2 is 2.00 bits per heavy atom. The topological polar surface area (TPSA) is 29.5 Å². The van der Waals surface area contributed by atoms with Gasteiger partial charge in [-0.15, -0.1) is 0 Å². The van der Waals surface area contributed by atoms with Gasteiger partial charge in [0.1, 0.15) is 5.75 Å². The summed E-state index contributed by atoms with van der Waals surface area (Å²) >= 11 is 3.65. The highest BCUT2D eigenvalue weighted by Gasteiger charge is 2.43. The highest BCUT2D eigenvalue weighted by atomic mass is 79.9. The van der Waals surface area contributed by atoms with E-state index >= 15 is 0 Å². The fourth-order valence-corrected chi connectivity index (χ4v) is 5.08. The third kappa shape index (κ3) is 4.09. The Labute approximate surface area is 172 Å². The average molecular weight is 431 g/mol. The molecule has 27 heavy (non-hydrogen) atoms. The van der Waals surface area contributed by atoms with Crippen LogP contribution in [-0.4, -0.2) is 18.3 Å². The predicted molar refractivity (Wildman–Crippen MR) is 116 cm³/mol. The number of fused-ring (bicyclic) bond motifs is 1. The van der Waals surface area contributed by atoms with Gasteiger partial charge < -0.3 is 9.84 Å². The van der Waals surface area contributed by atoms with Crippen molar-refractivity contribution in [2.24, 2.45) is 5.41 Å². The standard InChI is InChI=1S/C24H31BrO2/c1-4-6-13-24(5-2)14-12-17-10-11-19(25)16-21(17)22(23(24)26)18-8-7-9-20(15-18)27-3/h7-11,15-16,22-23,26H,4-6,12-14H2,1-3H3/t22-,23-,24-/m1/s1. The van der Waals surface area contributed by atoms with Gasteiger partial charge in [-0.2, -0.15) is 0 Å². The molecule has 0 aliphatic heterocycles. The minimum atomic E-state index is -0.406. The second-order valence-corrected chi connectivity index (χ2v) is 8.78. The van der Waals surface area contributed by atoms with Crippen LogP contribution in [0.3, 0.4) is 0 Å². The van der Waals surface area contributed by atoms with Gasteiger partial charge in [0.05, 0.1) is 13.2 Å². The zero-order chi connectivity index (χ0) is 19.4. The summed E-state index contributed by atoms with van der Waals surface area (Å²) in [5.74, 6) is 0.808. The number of unbranched alkanes of at least 4 members (excludes halogenated alkanes) is 1. The molecule has 2 nitrogen and oxygen atoms in total. The molecule has 1 N–H and O–H groups in total. The van der Waals surface area contributed by atoms with Crippen LogP contribution in [0.15, 0.2) is 46.9 Å². The molecule has 146 valence electrons. The number of halogens is 1. The van der Waals surface area contributed by atoms with Crippen LogP contribution in [0.4, 0.5) is 0 Å². The van der Waals surface area contributed by atoms with Crippen LogP contribution in [0.2, 0.25) is 0 Å². The average Bonchev–Trinajstić information content (AvgIpc) is 2.81. The fraction of sp³-hybridized carbons (Fsp3) is 0.500. The minimum Gasteiger partial charge on any atom is -0.497 e. The molecule has 0 amide bonds. The Morgan fingerprint density at radius 3 is 2.70 bits per heavy atom. The van der Waals surface area contributed by atoms with Gasteiger partial charge in [-0.3, -0.25) is 0 Å². The third-order valence-electron chi connectivity index (χ3n) is 6.46. The second-order valence-electron chi connectivity index (χ2n) is 7.86. The molecule has 1 aliphatic rings. The van der Waals surface area contributed by atoms with E-state index in [-0.39, 0.29) is 11.3 Å². The molecule has 0 heterocycles. The highest BCUT2D eigenvalue weighted by molar-refractivity contribution is 9.10. The number of aliphatic hydroxyl groups is 1. The molecule has 0 fully saturated rings. The van der Waals surface area contributed by atoms with E-state index in [0.717, 1.165) is 54.3 Å². The number of benzene rings is 2. The van der Waals surface area contributed by atoms with E-state index < -0.39 is 6.10 Å².